The van der Waals surface area contributed by atoms with Gasteiger partial charge in [-0.3, -0.25) is 4.79 Å². The van der Waals surface area contributed by atoms with Gasteiger partial charge in [-0.15, -0.1) is 0 Å². The molecule has 1 aromatic carbocycles. The number of amides is 1. The van der Waals surface area contributed by atoms with Gasteiger partial charge in [0.05, 0.1) is 0 Å². The van der Waals surface area contributed by atoms with Crippen molar-refractivity contribution in [3.05, 3.63) is 24.3 Å². The number of aromatic hydroxyl groups is 1. The Balaban J connectivity index is 2.44. The third-order valence-electron chi connectivity index (χ3n) is 1.67. The van der Waals surface area contributed by atoms with Crippen LogP contribution in [0.1, 0.15) is 13.8 Å². The molecule has 0 atom stereocenters. The van der Waals surface area contributed by atoms with Crippen molar-refractivity contribution < 1.29 is 14.6 Å². The number of rotatable bonds is 4. The Morgan fingerprint density at radius 3 is 2.73 bits per heavy atom. The predicted octanol–water partition coefficient (Wildman–Crippen LogP) is 1.30. The Kier molecular flexibility index (Phi) is 3.97. The third-order valence-corrected chi connectivity index (χ3v) is 1.67. The van der Waals surface area contributed by atoms with Crippen molar-refractivity contribution in [2.24, 2.45) is 0 Å². The predicted molar refractivity (Wildman–Crippen MR) is 56.9 cm³/mol. The molecule has 0 spiro atoms. The number of carbonyl (C=O) groups excluding carboxylic acids is 1. The van der Waals surface area contributed by atoms with Crippen molar-refractivity contribution in [1.82, 2.24) is 5.32 Å². The van der Waals surface area contributed by atoms with Gasteiger partial charge >= 0.3 is 0 Å². The highest BCUT2D eigenvalue weighted by molar-refractivity contribution is 5.77. The quantitative estimate of drug-likeness (QED) is 0.785. The second-order valence-corrected chi connectivity index (χ2v) is 3.48. The van der Waals surface area contributed by atoms with Crippen LogP contribution < -0.4 is 10.1 Å². The number of nitrogens with one attached hydrogen (secondary N) is 1. The fraction of sp³-hybridized carbons (Fsp3) is 0.364. The lowest BCUT2D eigenvalue weighted by Gasteiger charge is -2.10. The molecule has 0 aliphatic carbocycles. The Morgan fingerprint density at radius 2 is 2.13 bits per heavy atom. The molecule has 0 saturated carbocycles. The molecule has 0 aromatic heterocycles. The van der Waals surface area contributed by atoms with E-state index >= 15 is 0 Å². The van der Waals surface area contributed by atoms with E-state index in [9.17, 15) is 9.90 Å². The molecule has 0 heterocycles. The van der Waals surface area contributed by atoms with E-state index in [4.69, 9.17) is 4.74 Å². The van der Waals surface area contributed by atoms with Crippen molar-refractivity contribution in [3.63, 3.8) is 0 Å². The average Bonchev–Trinajstić information content (AvgIpc) is 2.15. The van der Waals surface area contributed by atoms with E-state index in [1.165, 1.54) is 6.07 Å². The fourth-order valence-electron chi connectivity index (χ4n) is 1.09. The molecule has 82 valence electrons. The fourth-order valence-corrected chi connectivity index (χ4v) is 1.09. The molecule has 0 aliphatic heterocycles. The molecule has 0 radical (unpaired) electrons. The maximum absolute atomic E-state index is 11.2. The summed E-state index contributed by atoms with van der Waals surface area (Å²) >= 11 is 0. The van der Waals surface area contributed by atoms with Crippen molar-refractivity contribution in [3.8, 4) is 11.5 Å². The highest BCUT2D eigenvalue weighted by Gasteiger charge is 2.06. The van der Waals surface area contributed by atoms with Crippen molar-refractivity contribution in [2.45, 2.75) is 19.9 Å². The highest BCUT2D eigenvalue weighted by atomic mass is 16.5. The molecule has 15 heavy (non-hydrogen) atoms. The minimum absolute atomic E-state index is 0.0369. The number of phenols is 1. The van der Waals surface area contributed by atoms with Crippen LogP contribution in [0.3, 0.4) is 0 Å². The summed E-state index contributed by atoms with van der Waals surface area (Å²) in [6, 6.07) is 6.63. The van der Waals surface area contributed by atoms with Crippen LogP contribution in [0.15, 0.2) is 24.3 Å². The molecule has 4 nitrogen and oxygen atoms in total. The third kappa shape index (κ3) is 3.89. The van der Waals surface area contributed by atoms with Gasteiger partial charge in [0, 0.05) is 6.04 Å². The molecule has 2 N–H and O–H groups in total. The second kappa shape index (κ2) is 5.24. The van der Waals surface area contributed by atoms with Crippen LogP contribution in [0.5, 0.6) is 11.5 Å². The number of para-hydroxylation sites is 2. The largest absolute Gasteiger partial charge is 0.504 e. The molecule has 0 unspecified atom stereocenters. The number of carbonyl (C=O) groups is 1. The molecule has 1 rings (SSSR count). The van der Waals surface area contributed by atoms with Crippen molar-refractivity contribution in [1.29, 1.82) is 0 Å². The van der Waals surface area contributed by atoms with E-state index in [1.807, 2.05) is 13.8 Å². The smallest absolute Gasteiger partial charge is 0.258 e. The van der Waals surface area contributed by atoms with Crippen LogP contribution in [-0.2, 0) is 4.79 Å². The summed E-state index contributed by atoms with van der Waals surface area (Å²) in [7, 11) is 0. The van der Waals surface area contributed by atoms with E-state index in [1.54, 1.807) is 18.2 Å². The van der Waals surface area contributed by atoms with Crippen LogP contribution in [0.4, 0.5) is 0 Å². The SMILES string of the molecule is CC(C)NC(=O)COc1ccccc1O. The van der Waals surface area contributed by atoms with Crippen molar-refractivity contribution >= 4 is 5.91 Å². The molecule has 1 amide bonds. The van der Waals surface area contributed by atoms with Gasteiger partial charge in [-0.05, 0) is 26.0 Å². The minimum atomic E-state index is -0.201. The Bertz CT molecular complexity index is 336. The van der Waals surface area contributed by atoms with Gasteiger partial charge in [0.25, 0.3) is 5.91 Å². The topological polar surface area (TPSA) is 58.6 Å². The highest BCUT2D eigenvalue weighted by Crippen LogP contribution is 2.23. The van der Waals surface area contributed by atoms with Gasteiger partial charge in [0.15, 0.2) is 18.1 Å². The van der Waals surface area contributed by atoms with Crippen LogP contribution in [0.25, 0.3) is 0 Å². The van der Waals surface area contributed by atoms with Gasteiger partial charge in [0.2, 0.25) is 0 Å². The molecular weight excluding hydrogens is 194 g/mol. The summed E-state index contributed by atoms with van der Waals surface area (Å²) in [6.07, 6.45) is 0. The number of hydrogen-bond donors (Lipinski definition) is 2. The van der Waals surface area contributed by atoms with E-state index in [0.29, 0.717) is 5.75 Å². The molecule has 0 aliphatic rings. The van der Waals surface area contributed by atoms with Crippen LogP contribution in [0, 0.1) is 0 Å². The first-order chi connectivity index (χ1) is 7.09. The monoisotopic (exact) mass is 209 g/mol. The number of benzene rings is 1. The second-order valence-electron chi connectivity index (χ2n) is 3.48. The molecular formula is C11H15NO3. The Morgan fingerprint density at radius 1 is 1.47 bits per heavy atom. The lowest BCUT2D eigenvalue weighted by atomic mass is 10.3. The molecule has 4 heteroatoms. The normalized spacial score (nSPS) is 10.1. The zero-order valence-electron chi connectivity index (χ0n) is 8.86. The summed E-state index contributed by atoms with van der Waals surface area (Å²) in [6.45, 7) is 3.66. The van der Waals surface area contributed by atoms with E-state index in [-0.39, 0.29) is 24.3 Å². The first-order valence-corrected chi connectivity index (χ1v) is 4.79. The van der Waals surface area contributed by atoms with E-state index in [0.717, 1.165) is 0 Å². The first-order valence-electron chi connectivity index (χ1n) is 4.79. The minimum Gasteiger partial charge on any atom is -0.504 e. The average molecular weight is 209 g/mol. The standard InChI is InChI=1S/C11H15NO3/c1-8(2)12-11(14)7-15-10-6-4-3-5-9(10)13/h3-6,8,13H,7H2,1-2H3,(H,12,14). The zero-order chi connectivity index (χ0) is 11.3. The van der Waals surface area contributed by atoms with Crippen molar-refractivity contribution in [2.75, 3.05) is 6.61 Å². The summed E-state index contributed by atoms with van der Waals surface area (Å²) in [5.74, 6) is 0.152. The Labute approximate surface area is 88.9 Å². The maximum Gasteiger partial charge on any atom is 0.258 e. The zero-order valence-corrected chi connectivity index (χ0v) is 8.86. The summed E-state index contributed by atoms with van der Waals surface area (Å²) < 4.78 is 5.14. The summed E-state index contributed by atoms with van der Waals surface area (Å²) in [5.41, 5.74) is 0. The Hall–Kier alpha value is -1.71. The number of phenolic OH excluding ortho intramolecular Hbond substituents is 1. The maximum atomic E-state index is 11.2. The van der Waals surface area contributed by atoms with E-state index < -0.39 is 0 Å². The van der Waals surface area contributed by atoms with E-state index in [2.05, 4.69) is 5.32 Å². The number of hydrogen-bond acceptors (Lipinski definition) is 3. The van der Waals surface area contributed by atoms with Gasteiger partial charge in [-0.25, -0.2) is 0 Å². The summed E-state index contributed by atoms with van der Waals surface area (Å²) in [5, 5.41) is 12.0. The van der Waals surface area contributed by atoms with Crippen LogP contribution >= 0.6 is 0 Å². The molecule has 0 fully saturated rings. The lowest BCUT2D eigenvalue weighted by molar-refractivity contribution is -0.123. The van der Waals surface area contributed by atoms with Gasteiger partial charge < -0.3 is 15.2 Å². The number of ether oxygens (including phenoxy) is 1. The first kappa shape index (κ1) is 11.4. The van der Waals surface area contributed by atoms with Crippen LogP contribution in [0.2, 0.25) is 0 Å². The van der Waals surface area contributed by atoms with Crippen LogP contribution in [-0.4, -0.2) is 23.7 Å². The molecule has 1 aromatic rings. The molecule has 0 bridgehead atoms. The van der Waals surface area contributed by atoms with Gasteiger partial charge in [0.1, 0.15) is 0 Å². The van der Waals surface area contributed by atoms with Gasteiger partial charge in [-0.2, -0.15) is 0 Å². The summed E-state index contributed by atoms with van der Waals surface area (Å²) in [4.78, 5) is 11.2. The lowest BCUT2D eigenvalue weighted by Crippen LogP contribution is -2.34. The van der Waals surface area contributed by atoms with Gasteiger partial charge in [-0.1, -0.05) is 12.1 Å². The molecule has 0 saturated heterocycles.